The molecule has 100 valence electrons. The van der Waals surface area contributed by atoms with E-state index in [1.54, 1.807) is 12.1 Å². The fourth-order valence-corrected chi connectivity index (χ4v) is 2.23. The molecule has 0 aromatic heterocycles. The number of rotatable bonds is 7. The van der Waals surface area contributed by atoms with Gasteiger partial charge in [-0.25, -0.2) is 0 Å². The molecule has 0 saturated heterocycles. The minimum atomic E-state index is -0.372. The Balaban J connectivity index is 2.41. The van der Waals surface area contributed by atoms with Crippen LogP contribution >= 0.6 is 22.6 Å². The zero-order chi connectivity index (χ0) is 13.5. The third-order valence-electron chi connectivity index (χ3n) is 2.51. The number of nitrogens with zero attached hydrogens (tertiary/aromatic N) is 2. The third-order valence-corrected chi connectivity index (χ3v) is 3.40. The maximum atomic E-state index is 10.6. The van der Waals surface area contributed by atoms with Crippen LogP contribution in [0.1, 0.15) is 12.8 Å². The van der Waals surface area contributed by atoms with Gasteiger partial charge in [0.25, 0.3) is 5.69 Å². The van der Waals surface area contributed by atoms with Crippen molar-refractivity contribution in [2.75, 3.05) is 32.5 Å². The molecule has 0 unspecified atom stereocenters. The van der Waals surface area contributed by atoms with Crippen molar-refractivity contribution in [2.45, 2.75) is 12.8 Å². The van der Waals surface area contributed by atoms with E-state index in [1.165, 1.54) is 6.07 Å². The molecule has 0 amide bonds. The van der Waals surface area contributed by atoms with E-state index >= 15 is 0 Å². The van der Waals surface area contributed by atoms with Crippen LogP contribution in [0.5, 0.6) is 0 Å². The molecule has 5 nitrogen and oxygen atoms in total. The lowest BCUT2D eigenvalue weighted by atomic mass is 10.2. The summed E-state index contributed by atoms with van der Waals surface area (Å²) in [4.78, 5) is 12.4. The van der Waals surface area contributed by atoms with E-state index in [1.807, 2.05) is 0 Å². The number of anilines is 1. The molecule has 0 heterocycles. The number of nitrogens with one attached hydrogen (secondary N) is 1. The van der Waals surface area contributed by atoms with Gasteiger partial charge >= 0.3 is 0 Å². The first-order chi connectivity index (χ1) is 8.50. The van der Waals surface area contributed by atoms with Gasteiger partial charge in [0.15, 0.2) is 0 Å². The molecule has 1 aromatic carbocycles. The molecule has 6 heteroatoms. The Labute approximate surface area is 121 Å². The van der Waals surface area contributed by atoms with E-state index in [0.717, 1.165) is 35.2 Å². The highest BCUT2D eigenvalue weighted by molar-refractivity contribution is 14.1. The number of non-ortho nitro benzene ring substituents is 1. The van der Waals surface area contributed by atoms with Crippen LogP contribution in [-0.2, 0) is 0 Å². The summed E-state index contributed by atoms with van der Waals surface area (Å²) in [5, 5.41) is 13.9. The zero-order valence-electron chi connectivity index (χ0n) is 10.6. The molecule has 0 saturated carbocycles. The number of hydrogen-bond donors (Lipinski definition) is 1. The van der Waals surface area contributed by atoms with Crippen molar-refractivity contribution in [3.63, 3.8) is 0 Å². The van der Waals surface area contributed by atoms with Crippen LogP contribution in [0, 0.1) is 13.7 Å². The molecule has 0 spiro atoms. The van der Waals surface area contributed by atoms with Crippen molar-refractivity contribution in [2.24, 2.45) is 0 Å². The molecule has 1 N–H and O–H groups in total. The van der Waals surface area contributed by atoms with Gasteiger partial charge in [-0.3, -0.25) is 10.1 Å². The Kier molecular flexibility index (Phi) is 6.34. The van der Waals surface area contributed by atoms with E-state index in [2.05, 4.69) is 46.9 Å². The van der Waals surface area contributed by atoms with E-state index in [9.17, 15) is 10.1 Å². The second-order valence-corrected chi connectivity index (χ2v) is 5.52. The van der Waals surface area contributed by atoms with Gasteiger partial charge in [-0.05, 0) is 62.1 Å². The van der Waals surface area contributed by atoms with Crippen molar-refractivity contribution in [1.82, 2.24) is 4.90 Å². The molecule has 1 rings (SSSR count). The Morgan fingerprint density at radius 2 is 2.11 bits per heavy atom. The van der Waals surface area contributed by atoms with Gasteiger partial charge in [-0.1, -0.05) is 0 Å². The number of nitro benzene ring substituents is 1. The fourth-order valence-electron chi connectivity index (χ4n) is 1.54. The summed E-state index contributed by atoms with van der Waals surface area (Å²) in [6.45, 7) is 1.97. The van der Waals surface area contributed by atoms with Crippen LogP contribution < -0.4 is 5.32 Å². The van der Waals surface area contributed by atoms with Gasteiger partial charge in [0.2, 0.25) is 0 Å². The Bertz CT molecular complexity index is 410. The van der Waals surface area contributed by atoms with E-state index in [0.29, 0.717) is 0 Å². The predicted molar refractivity (Wildman–Crippen MR) is 82.1 cm³/mol. The largest absolute Gasteiger partial charge is 0.384 e. The summed E-state index contributed by atoms with van der Waals surface area (Å²) < 4.78 is 0.884. The number of halogens is 1. The van der Waals surface area contributed by atoms with E-state index < -0.39 is 0 Å². The minimum Gasteiger partial charge on any atom is -0.384 e. The van der Waals surface area contributed by atoms with Gasteiger partial charge in [0.1, 0.15) is 0 Å². The molecule has 0 aliphatic rings. The second-order valence-electron chi connectivity index (χ2n) is 4.36. The average Bonchev–Trinajstić information content (AvgIpc) is 2.29. The Morgan fingerprint density at radius 1 is 1.39 bits per heavy atom. The molecular formula is C12H18IN3O2. The smallest absolute Gasteiger partial charge is 0.270 e. The van der Waals surface area contributed by atoms with Crippen LogP contribution in [0.4, 0.5) is 11.4 Å². The first kappa shape index (κ1) is 15.2. The SMILES string of the molecule is CN(C)CCCCNc1ccc([N+](=O)[O-])cc1I. The normalized spacial score (nSPS) is 10.7. The molecule has 0 atom stereocenters. The molecule has 0 aliphatic carbocycles. The maximum absolute atomic E-state index is 10.6. The highest BCUT2D eigenvalue weighted by atomic mass is 127. The molecule has 1 aromatic rings. The highest BCUT2D eigenvalue weighted by Crippen LogP contribution is 2.23. The number of benzene rings is 1. The summed E-state index contributed by atoms with van der Waals surface area (Å²) in [5.74, 6) is 0. The monoisotopic (exact) mass is 363 g/mol. The van der Waals surface area contributed by atoms with Gasteiger partial charge in [0.05, 0.1) is 4.92 Å². The number of unbranched alkanes of at least 4 members (excludes halogenated alkanes) is 1. The van der Waals surface area contributed by atoms with Gasteiger partial charge in [-0.15, -0.1) is 0 Å². The third kappa shape index (κ3) is 5.18. The predicted octanol–water partition coefficient (Wildman–Crippen LogP) is 2.95. The van der Waals surface area contributed by atoms with Gasteiger partial charge in [-0.2, -0.15) is 0 Å². The summed E-state index contributed by atoms with van der Waals surface area (Å²) in [6, 6.07) is 4.89. The summed E-state index contributed by atoms with van der Waals surface area (Å²) in [6.07, 6.45) is 2.23. The van der Waals surface area contributed by atoms with Crippen molar-refractivity contribution >= 4 is 34.0 Å². The number of hydrogen-bond acceptors (Lipinski definition) is 4. The average molecular weight is 363 g/mol. The van der Waals surface area contributed by atoms with Gasteiger partial charge in [0, 0.05) is 27.9 Å². The summed E-state index contributed by atoms with van der Waals surface area (Å²) >= 11 is 2.12. The van der Waals surface area contributed by atoms with Crippen LogP contribution in [0.3, 0.4) is 0 Å². The van der Waals surface area contributed by atoms with Crippen molar-refractivity contribution < 1.29 is 4.92 Å². The highest BCUT2D eigenvalue weighted by Gasteiger charge is 2.08. The van der Waals surface area contributed by atoms with Crippen LogP contribution in [0.15, 0.2) is 18.2 Å². The minimum absolute atomic E-state index is 0.137. The Hall–Kier alpha value is -0.890. The first-order valence-corrected chi connectivity index (χ1v) is 6.91. The molecule has 0 fully saturated rings. The first-order valence-electron chi connectivity index (χ1n) is 5.83. The van der Waals surface area contributed by atoms with Crippen molar-refractivity contribution in [3.8, 4) is 0 Å². The van der Waals surface area contributed by atoms with Crippen molar-refractivity contribution in [1.29, 1.82) is 0 Å². The molecule has 0 bridgehead atoms. The van der Waals surface area contributed by atoms with Crippen LogP contribution in [0.25, 0.3) is 0 Å². The van der Waals surface area contributed by atoms with Gasteiger partial charge < -0.3 is 10.2 Å². The summed E-state index contributed by atoms with van der Waals surface area (Å²) in [5.41, 5.74) is 1.10. The second kappa shape index (κ2) is 7.52. The fraction of sp³-hybridized carbons (Fsp3) is 0.500. The topological polar surface area (TPSA) is 58.4 Å². The lowest BCUT2D eigenvalue weighted by Gasteiger charge is -2.11. The maximum Gasteiger partial charge on any atom is 0.270 e. The van der Waals surface area contributed by atoms with E-state index in [4.69, 9.17) is 0 Å². The standard InChI is InChI=1S/C12H18IN3O2/c1-15(2)8-4-3-7-14-12-6-5-10(16(17)18)9-11(12)13/h5-6,9,14H,3-4,7-8H2,1-2H3. The molecule has 18 heavy (non-hydrogen) atoms. The van der Waals surface area contributed by atoms with Crippen LogP contribution in [0.2, 0.25) is 0 Å². The lowest BCUT2D eigenvalue weighted by Crippen LogP contribution is -2.14. The molecule has 0 aliphatic heterocycles. The lowest BCUT2D eigenvalue weighted by molar-refractivity contribution is -0.384. The quantitative estimate of drug-likeness (QED) is 0.350. The van der Waals surface area contributed by atoms with Crippen molar-refractivity contribution in [3.05, 3.63) is 31.9 Å². The zero-order valence-corrected chi connectivity index (χ0v) is 12.8. The number of nitro groups is 1. The molecule has 0 radical (unpaired) electrons. The Morgan fingerprint density at radius 3 is 2.67 bits per heavy atom. The molecular weight excluding hydrogens is 345 g/mol. The van der Waals surface area contributed by atoms with Crippen LogP contribution in [-0.4, -0.2) is 37.0 Å². The summed E-state index contributed by atoms with van der Waals surface area (Å²) in [7, 11) is 4.12. The van der Waals surface area contributed by atoms with E-state index in [-0.39, 0.29) is 10.6 Å².